The van der Waals surface area contributed by atoms with Crippen LogP contribution in [0.4, 0.5) is 5.69 Å². The lowest BCUT2D eigenvalue weighted by molar-refractivity contribution is 0.0527. The van der Waals surface area contributed by atoms with Crippen molar-refractivity contribution in [3.63, 3.8) is 0 Å². The number of carbonyl (C=O) groups excluding carboxylic acids is 1. The van der Waals surface area contributed by atoms with Crippen molar-refractivity contribution < 1.29 is 9.53 Å². The summed E-state index contributed by atoms with van der Waals surface area (Å²) in [5, 5.41) is 7.82. The van der Waals surface area contributed by atoms with Gasteiger partial charge in [-0.1, -0.05) is 25.5 Å². The van der Waals surface area contributed by atoms with E-state index in [-0.39, 0.29) is 5.97 Å². The Labute approximate surface area is 150 Å². The van der Waals surface area contributed by atoms with E-state index in [0.29, 0.717) is 18.2 Å². The first kappa shape index (κ1) is 19.2. The van der Waals surface area contributed by atoms with E-state index in [1.54, 1.807) is 6.20 Å². The third-order valence-corrected chi connectivity index (χ3v) is 4.01. The Morgan fingerprint density at radius 3 is 2.68 bits per heavy atom. The Balaban J connectivity index is 2.34. The van der Waals surface area contributed by atoms with Crippen LogP contribution in [-0.4, -0.2) is 36.7 Å². The van der Waals surface area contributed by atoms with E-state index in [1.165, 1.54) is 0 Å². The number of carbonyl (C=O) groups is 1. The maximum Gasteiger partial charge on any atom is 0.341 e. The minimum absolute atomic E-state index is 0.334. The van der Waals surface area contributed by atoms with Gasteiger partial charge < -0.3 is 15.4 Å². The number of esters is 1. The summed E-state index contributed by atoms with van der Waals surface area (Å²) in [6, 6.07) is 4.66. The molecule has 1 heterocycles. The van der Waals surface area contributed by atoms with Gasteiger partial charge in [-0.25, -0.2) is 4.79 Å². The summed E-state index contributed by atoms with van der Waals surface area (Å²) in [5.41, 5.74) is 4.49. The first-order valence-electron chi connectivity index (χ1n) is 8.98. The maximum absolute atomic E-state index is 12.3. The molecule has 0 saturated heterocycles. The van der Waals surface area contributed by atoms with E-state index in [2.05, 4.69) is 48.5 Å². The monoisotopic (exact) mass is 343 g/mol. The zero-order valence-corrected chi connectivity index (χ0v) is 15.9. The Morgan fingerprint density at radius 2 is 2.00 bits per heavy atom. The van der Waals surface area contributed by atoms with Crippen molar-refractivity contribution in [2.75, 3.05) is 25.0 Å². The van der Waals surface area contributed by atoms with Crippen LogP contribution < -0.4 is 10.6 Å². The molecule has 0 aliphatic rings. The van der Waals surface area contributed by atoms with E-state index in [0.717, 1.165) is 47.2 Å². The molecule has 136 valence electrons. The van der Waals surface area contributed by atoms with Gasteiger partial charge in [0, 0.05) is 24.2 Å². The van der Waals surface area contributed by atoms with Crippen LogP contribution in [0.1, 0.15) is 48.7 Å². The van der Waals surface area contributed by atoms with Crippen molar-refractivity contribution in [1.29, 1.82) is 0 Å². The molecular formula is C20H29N3O2. The number of aromatic nitrogens is 1. The number of nitrogens with one attached hydrogen (secondary N) is 2. The molecule has 2 aromatic rings. The zero-order valence-electron chi connectivity index (χ0n) is 15.9. The van der Waals surface area contributed by atoms with Gasteiger partial charge in [-0.15, -0.1) is 0 Å². The minimum Gasteiger partial charge on any atom is -0.462 e. The molecule has 25 heavy (non-hydrogen) atoms. The van der Waals surface area contributed by atoms with Gasteiger partial charge in [0.1, 0.15) is 5.56 Å². The second kappa shape index (κ2) is 8.81. The highest BCUT2D eigenvalue weighted by atomic mass is 16.5. The summed E-state index contributed by atoms with van der Waals surface area (Å²) in [6.07, 6.45) is 2.59. The van der Waals surface area contributed by atoms with Crippen LogP contribution in [0.15, 0.2) is 18.3 Å². The Bertz CT molecular complexity index is 741. The van der Waals surface area contributed by atoms with Crippen LogP contribution in [0, 0.1) is 13.8 Å². The second-order valence-corrected chi connectivity index (χ2v) is 6.63. The third-order valence-electron chi connectivity index (χ3n) is 4.01. The lowest BCUT2D eigenvalue weighted by Gasteiger charge is -2.16. The van der Waals surface area contributed by atoms with E-state index >= 15 is 0 Å². The number of aryl methyl sites for hydroxylation is 2. The number of hydrogen-bond donors (Lipinski definition) is 2. The van der Waals surface area contributed by atoms with Gasteiger partial charge in [0.15, 0.2) is 0 Å². The molecule has 0 unspecified atom stereocenters. The third kappa shape index (κ3) is 4.92. The predicted molar refractivity (Wildman–Crippen MR) is 103 cm³/mol. The minimum atomic E-state index is -0.334. The molecule has 5 heteroatoms. The first-order valence-corrected chi connectivity index (χ1v) is 8.98. The van der Waals surface area contributed by atoms with Crippen molar-refractivity contribution in [3.8, 4) is 0 Å². The number of ether oxygens (including phenoxy) is 1. The Kier molecular flexibility index (Phi) is 6.76. The number of nitrogens with zero attached hydrogens (tertiary/aromatic N) is 1. The van der Waals surface area contributed by atoms with E-state index < -0.39 is 0 Å². The van der Waals surface area contributed by atoms with Crippen molar-refractivity contribution in [2.45, 2.75) is 47.1 Å². The first-order chi connectivity index (χ1) is 11.9. The summed E-state index contributed by atoms with van der Waals surface area (Å²) in [5.74, 6) is -0.334. The highest BCUT2D eigenvalue weighted by Crippen LogP contribution is 2.29. The quantitative estimate of drug-likeness (QED) is 0.563. The fourth-order valence-corrected chi connectivity index (χ4v) is 2.91. The molecule has 1 aromatic heterocycles. The van der Waals surface area contributed by atoms with Crippen molar-refractivity contribution in [1.82, 2.24) is 10.3 Å². The lowest BCUT2D eigenvalue weighted by atomic mass is 10.0. The lowest BCUT2D eigenvalue weighted by Crippen LogP contribution is -2.25. The van der Waals surface area contributed by atoms with Crippen LogP contribution >= 0.6 is 0 Å². The molecule has 0 aliphatic heterocycles. The molecule has 0 bridgehead atoms. The SMILES string of the molecule is CCOC(=O)c1cnc2c(C)cc(C)cc2c1NCCCNC(C)C. The van der Waals surface area contributed by atoms with Crippen LogP contribution in [0.3, 0.4) is 0 Å². The molecule has 2 rings (SSSR count). The fourth-order valence-electron chi connectivity index (χ4n) is 2.91. The topological polar surface area (TPSA) is 63.2 Å². The van der Waals surface area contributed by atoms with Gasteiger partial charge >= 0.3 is 5.97 Å². The summed E-state index contributed by atoms with van der Waals surface area (Å²) < 4.78 is 5.21. The molecule has 0 amide bonds. The van der Waals surface area contributed by atoms with Crippen LogP contribution in [-0.2, 0) is 4.74 Å². The Morgan fingerprint density at radius 1 is 1.24 bits per heavy atom. The normalized spacial score (nSPS) is 11.1. The van der Waals surface area contributed by atoms with Crippen molar-refractivity contribution in [2.24, 2.45) is 0 Å². The van der Waals surface area contributed by atoms with Crippen molar-refractivity contribution in [3.05, 3.63) is 35.0 Å². The van der Waals surface area contributed by atoms with Gasteiger partial charge in [0.05, 0.1) is 17.8 Å². The smallest absolute Gasteiger partial charge is 0.341 e. The predicted octanol–water partition coefficient (Wildman–Crippen LogP) is 3.83. The zero-order chi connectivity index (χ0) is 18.4. The Hall–Kier alpha value is -2.14. The van der Waals surface area contributed by atoms with E-state index in [1.807, 2.05) is 13.8 Å². The number of rotatable bonds is 8. The summed E-state index contributed by atoms with van der Waals surface area (Å²) in [7, 11) is 0. The molecule has 5 nitrogen and oxygen atoms in total. The molecule has 0 radical (unpaired) electrons. The molecule has 2 N–H and O–H groups in total. The molecular weight excluding hydrogens is 314 g/mol. The molecule has 0 fully saturated rings. The number of fused-ring (bicyclic) bond motifs is 1. The molecule has 0 saturated carbocycles. The summed E-state index contributed by atoms with van der Waals surface area (Å²) >= 11 is 0. The average molecular weight is 343 g/mol. The van der Waals surface area contributed by atoms with Crippen LogP contribution in [0.25, 0.3) is 10.9 Å². The van der Waals surface area contributed by atoms with E-state index in [4.69, 9.17) is 4.74 Å². The highest BCUT2D eigenvalue weighted by molar-refractivity contribution is 6.05. The largest absolute Gasteiger partial charge is 0.462 e. The maximum atomic E-state index is 12.3. The number of anilines is 1. The molecule has 1 aromatic carbocycles. The van der Waals surface area contributed by atoms with Crippen LogP contribution in [0.2, 0.25) is 0 Å². The number of hydrogen-bond acceptors (Lipinski definition) is 5. The van der Waals surface area contributed by atoms with Gasteiger partial charge in [0.25, 0.3) is 0 Å². The van der Waals surface area contributed by atoms with E-state index in [9.17, 15) is 4.79 Å². The average Bonchev–Trinajstić information content (AvgIpc) is 2.54. The summed E-state index contributed by atoms with van der Waals surface area (Å²) in [6.45, 7) is 12.2. The summed E-state index contributed by atoms with van der Waals surface area (Å²) in [4.78, 5) is 16.8. The van der Waals surface area contributed by atoms with Gasteiger partial charge in [0.2, 0.25) is 0 Å². The number of pyridine rings is 1. The molecule has 0 spiro atoms. The molecule has 0 atom stereocenters. The van der Waals surface area contributed by atoms with Gasteiger partial charge in [-0.05, 0) is 45.4 Å². The molecule has 0 aliphatic carbocycles. The number of benzene rings is 1. The highest BCUT2D eigenvalue weighted by Gasteiger charge is 2.17. The fraction of sp³-hybridized carbons (Fsp3) is 0.500. The van der Waals surface area contributed by atoms with Gasteiger partial charge in [-0.2, -0.15) is 0 Å². The second-order valence-electron chi connectivity index (χ2n) is 6.63. The van der Waals surface area contributed by atoms with Crippen molar-refractivity contribution >= 4 is 22.6 Å². The standard InChI is InChI=1S/C20H29N3O2/c1-6-25-20(24)17-12-23-18-15(5)10-14(4)11-16(18)19(17)22-9-7-8-21-13(2)3/h10-13,21H,6-9H2,1-5H3,(H,22,23). The van der Waals surface area contributed by atoms with Gasteiger partial charge in [-0.3, -0.25) is 4.98 Å². The van der Waals surface area contributed by atoms with Crippen LogP contribution in [0.5, 0.6) is 0 Å².